The predicted molar refractivity (Wildman–Crippen MR) is 85.3 cm³/mol. The summed E-state index contributed by atoms with van der Waals surface area (Å²) in [6.45, 7) is 0. The second-order valence-corrected chi connectivity index (χ2v) is 4.95. The molecule has 0 saturated heterocycles. The number of carbonyl (C=O) groups excluding carboxylic acids is 1. The first-order valence-electron chi connectivity index (χ1n) is 5.98. The Morgan fingerprint density at radius 3 is 2.23 bits per heavy atom. The van der Waals surface area contributed by atoms with E-state index in [9.17, 15) is 14.9 Å². The summed E-state index contributed by atoms with van der Waals surface area (Å²) in [6, 6.07) is 9.71. The standard InChI is InChI=1S/C13H10Cl2N4O3/c14-11-6-3-9(7-12(11)15)16-13(20)18-17-8-1-4-10(5-2-8)19(21)22/h1-7,17H,(H2,16,18,20). The van der Waals surface area contributed by atoms with Crippen molar-refractivity contribution in [1.29, 1.82) is 0 Å². The smallest absolute Gasteiger partial charge is 0.307 e. The number of amides is 2. The molecule has 2 aromatic rings. The Labute approximate surface area is 135 Å². The molecular formula is C13H10Cl2N4O3. The minimum absolute atomic E-state index is 0.0363. The van der Waals surface area contributed by atoms with Crippen molar-refractivity contribution in [2.24, 2.45) is 0 Å². The molecule has 0 aliphatic rings. The zero-order valence-corrected chi connectivity index (χ0v) is 12.5. The summed E-state index contributed by atoms with van der Waals surface area (Å²) in [4.78, 5) is 21.7. The van der Waals surface area contributed by atoms with Crippen LogP contribution < -0.4 is 16.2 Å². The molecule has 0 saturated carbocycles. The van der Waals surface area contributed by atoms with E-state index in [2.05, 4.69) is 16.2 Å². The average Bonchev–Trinajstić information content (AvgIpc) is 2.49. The monoisotopic (exact) mass is 340 g/mol. The lowest BCUT2D eigenvalue weighted by molar-refractivity contribution is -0.384. The van der Waals surface area contributed by atoms with Gasteiger partial charge < -0.3 is 5.32 Å². The van der Waals surface area contributed by atoms with Gasteiger partial charge in [-0.05, 0) is 30.3 Å². The van der Waals surface area contributed by atoms with Crippen molar-refractivity contribution in [3.05, 3.63) is 62.6 Å². The van der Waals surface area contributed by atoms with Gasteiger partial charge in [0.25, 0.3) is 5.69 Å². The predicted octanol–water partition coefficient (Wildman–Crippen LogP) is 4.05. The molecule has 0 unspecified atom stereocenters. The SMILES string of the molecule is O=C(NNc1ccc([N+](=O)[O-])cc1)Nc1ccc(Cl)c(Cl)c1. The first-order valence-corrected chi connectivity index (χ1v) is 6.74. The Kier molecular flexibility index (Phi) is 5.03. The van der Waals surface area contributed by atoms with E-state index in [4.69, 9.17) is 23.2 Å². The largest absolute Gasteiger partial charge is 0.337 e. The highest BCUT2D eigenvalue weighted by atomic mass is 35.5. The number of hydrazine groups is 1. The maximum atomic E-state index is 11.7. The fourth-order valence-electron chi connectivity index (χ4n) is 1.53. The van der Waals surface area contributed by atoms with Gasteiger partial charge in [0, 0.05) is 17.8 Å². The molecular weight excluding hydrogens is 331 g/mol. The number of anilines is 2. The number of urea groups is 1. The number of non-ortho nitro benzene ring substituents is 1. The van der Waals surface area contributed by atoms with Crippen molar-refractivity contribution in [1.82, 2.24) is 5.43 Å². The second kappa shape index (κ2) is 6.97. The van der Waals surface area contributed by atoms with Gasteiger partial charge in [0.1, 0.15) is 0 Å². The van der Waals surface area contributed by atoms with Crippen LogP contribution >= 0.6 is 23.2 Å². The van der Waals surface area contributed by atoms with Crippen molar-refractivity contribution in [2.75, 3.05) is 10.7 Å². The summed E-state index contributed by atoms with van der Waals surface area (Å²) in [5, 5.41) is 13.8. The van der Waals surface area contributed by atoms with E-state index in [-0.39, 0.29) is 5.69 Å². The summed E-state index contributed by atoms with van der Waals surface area (Å²) >= 11 is 11.6. The number of nitrogens with zero attached hydrogens (tertiary/aromatic N) is 1. The van der Waals surface area contributed by atoms with Crippen molar-refractivity contribution in [2.45, 2.75) is 0 Å². The minimum atomic E-state index is -0.531. The van der Waals surface area contributed by atoms with E-state index in [0.717, 1.165) is 0 Å². The van der Waals surface area contributed by atoms with Crippen molar-refractivity contribution in [3.63, 3.8) is 0 Å². The molecule has 0 atom stereocenters. The van der Waals surface area contributed by atoms with Gasteiger partial charge in [0.05, 0.1) is 20.7 Å². The summed E-state index contributed by atoms with van der Waals surface area (Å²) < 4.78 is 0. The van der Waals surface area contributed by atoms with E-state index < -0.39 is 11.0 Å². The number of hydrogen-bond acceptors (Lipinski definition) is 4. The van der Waals surface area contributed by atoms with Crippen LogP contribution in [0.2, 0.25) is 10.0 Å². The van der Waals surface area contributed by atoms with Crippen molar-refractivity contribution < 1.29 is 9.72 Å². The van der Waals surface area contributed by atoms with Gasteiger partial charge in [-0.2, -0.15) is 0 Å². The highest BCUT2D eigenvalue weighted by Crippen LogP contribution is 2.24. The van der Waals surface area contributed by atoms with E-state index >= 15 is 0 Å². The average molecular weight is 341 g/mol. The Morgan fingerprint density at radius 2 is 1.64 bits per heavy atom. The second-order valence-electron chi connectivity index (χ2n) is 4.14. The number of benzene rings is 2. The van der Waals surface area contributed by atoms with Gasteiger partial charge in [0.15, 0.2) is 0 Å². The molecule has 2 amide bonds. The van der Waals surface area contributed by atoms with Gasteiger partial charge >= 0.3 is 6.03 Å². The summed E-state index contributed by atoms with van der Waals surface area (Å²) in [6.07, 6.45) is 0. The lowest BCUT2D eigenvalue weighted by atomic mass is 10.3. The number of rotatable bonds is 4. The number of carbonyl (C=O) groups is 1. The highest BCUT2D eigenvalue weighted by molar-refractivity contribution is 6.42. The quantitative estimate of drug-likeness (QED) is 0.577. The molecule has 2 aromatic carbocycles. The van der Waals surface area contributed by atoms with Crippen LogP contribution in [-0.2, 0) is 0 Å². The third kappa shape index (κ3) is 4.24. The molecule has 0 radical (unpaired) electrons. The molecule has 22 heavy (non-hydrogen) atoms. The first-order chi connectivity index (χ1) is 10.5. The third-order valence-corrected chi connectivity index (χ3v) is 3.31. The van der Waals surface area contributed by atoms with E-state index in [1.54, 1.807) is 12.1 Å². The van der Waals surface area contributed by atoms with Crippen LogP contribution in [0.4, 0.5) is 21.9 Å². The maximum absolute atomic E-state index is 11.7. The van der Waals surface area contributed by atoms with Gasteiger partial charge in [-0.15, -0.1) is 0 Å². The molecule has 114 valence electrons. The third-order valence-electron chi connectivity index (χ3n) is 2.58. The molecule has 0 aromatic heterocycles. The van der Waals surface area contributed by atoms with Gasteiger partial charge in [-0.3, -0.25) is 21.0 Å². The fourth-order valence-corrected chi connectivity index (χ4v) is 1.83. The Morgan fingerprint density at radius 1 is 1.00 bits per heavy atom. The van der Waals surface area contributed by atoms with Crippen LogP contribution in [0.15, 0.2) is 42.5 Å². The molecule has 0 heterocycles. The molecule has 0 bridgehead atoms. The molecule has 0 aliphatic carbocycles. The van der Waals surface area contributed by atoms with Crippen LogP contribution in [0.3, 0.4) is 0 Å². The van der Waals surface area contributed by atoms with Crippen LogP contribution in [-0.4, -0.2) is 11.0 Å². The summed E-state index contributed by atoms with van der Waals surface area (Å²) in [5.41, 5.74) is 5.93. The zero-order valence-electron chi connectivity index (χ0n) is 11.0. The Balaban J connectivity index is 1.89. The molecule has 2 rings (SSSR count). The molecule has 0 spiro atoms. The van der Waals surface area contributed by atoms with E-state index in [1.807, 2.05) is 0 Å². The van der Waals surface area contributed by atoms with Gasteiger partial charge in [-0.25, -0.2) is 4.79 Å². The number of nitro groups is 1. The highest BCUT2D eigenvalue weighted by Gasteiger charge is 2.06. The Hall–Kier alpha value is -2.51. The fraction of sp³-hybridized carbons (Fsp3) is 0. The number of halogens is 2. The normalized spacial score (nSPS) is 9.91. The minimum Gasteiger partial charge on any atom is -0.307 e. The van der Waals surface area contributed by atoms with Crippen LogP contribution in [0.25, 0.3) is 0 Å². The number of nitrogens with one attached hydrogen (secondary N) is 3. The molecule has 7 nitrogen and oxygen atoms in total. The number of hydrogen-bond donors (Lipinski definition) is 3. The first kappa shape index (κ1) is 15.9. The van der Waals surface area contributed by atoms with E-state index in [0.29, 0.717) is 21.4 Å². The lowest BCUT2D eigenvalue weighted by Gasteiger charge is -2.10. The molecule has 3 N–H and O–H groups in total. The van der Waals surface area contributed by atoms with Gasteiger partial charge in [-0.1, -0.05) is 23.2 Å². The molecule has 9 heteroatoms. The van der Waals surface area contributed by atoms with E-state index in [1.165, 1.54) is 30.3 Å². The maximum Gasteiger partial charge on any atom is 0.337 e. The van der Waals surface area contributed by atoms with Gasteiger partial charge in [0.2, 0.25) is 0 Å². The number of nitro benzene ring substituents is 1. The summed E-state index contributed by atoms with van der Waals surface area (Å²) in [7, 11) is 0. The van der Waals surface area contributed by atoms with Crippen molar-refractivity contribution >= 4 is 46.3 Å². The van der Waals surface area contributed by atoms with Crippen molar-refractivity contribution in [3.8, 4) is 0 Å². The zero-order chi connectivity index (χ0) is 16.1. The molecule has 0 aliphatic heterocycles. The molecule has 0 fully saturated rings. The topological polar surface area (TPSA) is 96.3 Å². The van der Waals surface area contributed by atoms with Crippen LogP contribution in [0.5, 0.6) is 0 Å². The summed E-state index contributed by atoms with van der Waals surface area (Å²) in [5.74, 6) is 0. The Bertz CT molecular complexity index is 707. The lowest BCUT2D eigenvalue weighted by Crippen LogP contribution is -2.33. The van der Waals surface area contributed by atoms with Crippen LogP contribution in [0.1, 0.15) is 0 Å². The van der Waals surface area contributed by atoms with Crippen LogP contribution in [0, 0.1) is 10.1 Å².